The molecule has 7 heavy (non-hydrogen) atoms. The standard InChI is InChI=1S/C2H5O.Ca.Na.2H2O/c1-2-3;;;;/h2H2,1H3;;;2*1H2/q-1;+2;+1;;/p-2. The van der Waals surface area contributed by atoms with Crippen molar-refractivity contribution in [3.05, 3.63) is 0 Å². The van der Waals surface area contributed by atoms with E-state index in [2.05, 4.69) is 0 Å². The molecule has 0 atom stereocenters. The minimum atomic E-state index is 0. The van der Waals surface area contributed by atoms with E-state index in [0.29, 0.717) is 0 Å². The third-order valence-corrected chi connectivity index (χ3v) is 0. The average Bonchev–Trinajstić information content (AvgIpc) is 0.918. The summed E-state index contributed by atoms with van der Waals surface area (Å²) in [7, 11) is 0. The van der Waals surface area contributed by atoms with Gasteiger partial charge in [-0.3, -0.25) is 0 Å². The van der Waals surface area contributed by atoms with Crippen LogP contribution in [0.3, 0.4) is 0 Å². The van der Waals surface area contributed by atoms with Gasteiger partial charge in [-0.15, -0.1) is 6.61 Å². The Labute approximate surface area is 95.4 Å². The van der Waals surface area contributed by atoms with Gasteiger partial charge in [0.15, 0.2) is 0 Å². The van der Waals surface area contributed by atoms with Crippen LogP contribution in [0.4, 0.5) is 0 Å². The molecule has 0 saturated heterocycles. The van der Waals surface area contributed by atoms with Gasteiger partial charge in [-0.1, -0.05) is 6.92 Å². The molecular formula is C2H7CaNaO3. The molecule has 36 valence electrons. The van der Waals surface area contributed by atoms with E-state index in [0.717, 1.165) is 0 Å². The maximum Gasteiger partial charge on any atom is 2.00 e. The molecule has 0 aromatic heterocycles. The Morgan fingerprint density at radius 1 is 1.29 bits per heavy atom. The van der Waals surface area contributed by atoms with Gasteiger partial charge in [0.25, 0.3) is 0 Å². The van der Waals surface area contributed by atoms with Crippen LogP contribution in [-0.4, -0.2) is 55.3 Å². The van der Waals surface area contributed by atoms with Crippen LogP contribution in [0.1, 0.15) is 6.92 Å². The molecule has 0 saturated carbocycles. The van der Waals surface area contributed by atoms with Crippen LogP contribution < -0.4 is 34.7 Å². The van der Waals surface area contributed by atoms with Crippen molar-refractivity contribution >= 4 is 37.7 Å². The molecule has 0 amide bonds. The molecule has 2 N–H and O–H groups in total. The van der Waals surface area contributed by atoms with Gasteiger partial charge < -0.3 is 16.1 Å². The van der Waals surface area contributed by atoms with Gasteiger partial charge in [0.05, 0.1) is 0 Å². The first-order valence-corrected chi connectivity index (χ1v) is 0.996. The maximum absolute atomic E-state index is 8.93. The first-order valence-electron chi connectivity index (χ1n) is 0.996. The van der Waals surface area contributed by atoms with E-state index in [4.69, 9.17) is 5.11 Å². The minimum absolute atomic E-state index is 0. The molecule has 0 radical (unpaired) electrons. The molecule has 5 heteroatoms. The summed E-state index contributed by atoms with van der Waals surface area (Å²) in [6.45, 7) is 1.57. The van der Waals surface area contributed by atoms with E-state index in [1.54, 1.807) is 6.92 Å². The molecule has 0 aromatic rings. The van der Waals surface area contributed by atoms with E-state index in [1.165, 1.54) is 0 Å². The van der Waals surface area contributed by atoms with Gasteiger partial charge in [-0.05, 0) is 0 Å². The maximum atomic E-state index is 8.93. The summed E-state index contributed by atoms with van der Waals surface area (Å²) in [5.74, 6) is 0. The summed E-state index contributed by atoms with van der Waals surface area (Å²) < 4.78 is 0. The SMILES string of the molecule is CC[O-].[Ca+2].[Na+].[OH-].[OH-]. The average molecular weight is 142 g/mol. The third kappa shape index (κ3) is 67.0. The number of hydrogen-bond donors (Lipinski definition) is 0. The van der Waals surface area contributed by atoms with Crippen molar-refractivity contribution in [3.63, 3.8) is 0 Å². The zero-order valence-corrected chi connectivity index (χ0v) is 8.93. The third-order valence-electron chi connectivity index (χ3n) is 0. The zero-order valence-electron chi connectivity index (χ0n) is 4.72. The van der Waals surface area contributed by atoms with Gasteiger partial charge >= 0.3 is 67.3 Å². The summed E-state index contributed by atoms with van der Waals surface area (Å²) >= 11 is 0. The molecule has 0 bridgehead atoms. The molecule has 3 nitrogen and oxygen atoms in total. The fourth-order valence-electron chi connectivity index (χ4n) is 0. The van der Waals surface area contributed by atoms with Crippen molar-refractivity contribution in [1.82, 2.24) is 0 Å². The smallest absolute Gasteiger partial charge is 0.870 e. The largest absolute Gasteiger partial charge is 2.00 e. The monoisotopic (exact) mass is 142 g/mol. The molecule has 0 aliphatic rings. The van der Waals surface area contributed by atoms with Crippen LogP contribution in [0.2, 0.25) is 0 Å². The summed E-state index contributed by atoms with van der Waals surface area (Å²) in [6.07, 6.45) is 0. The van der Waals surface area contributed by atoms with Crippen LogP contribution in [0.5, 0.6) is 0 Å². The van der Waals surface area contributed by atoms with Crippen LogP contribution in [0, 0.1) is 0 Å². The Balaban J connectivity index is -0.00000000333. The van der Waals surface area contributed by atoms with Crippen LogP contribution in [0.15, 0.2) is 0 Å². The Kier molecular flexibility index (Phi) is 212. The number of hydrogen-bond acceptors (Lipinski definition) is 3. The fraction of sp³-hybridized carbons (Fsp3) is 1.00. The first-order chi connectivity index (χ1) is 1.41. The predicted molar refractivity (Wildman–Crippen MR) is 20.2 cm³/mol. The second kappa shape index (κ2) is 42.1. The Bertz CT molecular complexity index is 12.9. The van der Waals surface area contributed by atoms with Gasteiger partial charge in [0, 0.05) is 0 Å². The van der Waals surface area contributed by atoms with Gasteiger partial charge in [-0.25, -0.2) is 0 Å². The zero-order chi connectivity index (χ0) is 2.71. The van der Waals surface area contributed by atoms with Crippen molar-refractivity contribution < 1.29 is 45.6 Å². The topological polar surface area (TPSA) is 83.1 Å². The van der Waals surface area contributed by atoms with E-state index in [-0.39, 0.29) is 84.9 Å². The number of rotatable bonds is 0. The predicted octanol–water partition coefficient (Wildman–Crippen LogP) is -4.36. The molecule has 0 heterocycles. The summed E-state index contributed by atoms with van der Waals surface area (Å²) in [4.78, 5) is 0. The molecule has 0 aliphatic carbocycles. The second-order valence-electron chi connectivity index (χ2n) is 0.289. The van der Waals surface area contributed by atoms with Crippen LogP contribution in [-0.2, 0) is 0 Å². The Hall–Kier alpha value is 2.14. The van der Waals surface area contributed by atoms with Crippen LogP contribution in [0.25, 0.3) is 0 Å². The van der Waals surface area contributed by atoms with E-state index < -0.39 is 0 Å². The molecular weight excluding hydrogens is 135 g/mol. The fourth-order valence-corrected chi connectivity index (χ4v) is 0. The van der Waals surface area contributed by atoms with E-state index in [1.807, 2.05) is 0 Å². The summed E-state index contributed by atoms with van der Waals surface area (Å²) in [5.41, 5.74) is 0. The Morgan fingerprint density at radius 2 is 1.29 bits per heavy atom. The van der Waals surface area contributed by atoms with Crippen LogP contribution >= 0.6 is 0 Å². The normalized spacial score (nSPS) is 2.57. The second-order valence-corrected chi connectivity index (χ2v) is 0.289. The first kappa shape index (κ1) is 35.3. The van der Waals surface area contributed by atoms with Crippen molar-refractivity contribution in [2.75, 3.05) is 6.61 Å². The Morgan fingerprint density at radius 3 is 1.29 bits per heavy atom. The molecule has 0 spiro atoms. The van der Waals surface area contributed by atoms with Crippen molar-refractivity contribution in [1.29, 1.82) is 0 Å². The van der Waals surface area contributed by atoms with Crippen molar-refractivity contribution in [3.8, 4) is 0 Å². The molecule has 0 unspecified atom stereocenters. The van der Waals surface area contributed by atoms with E-state index in [9.17, 15) is 0 Å². The minimum Gasteiger partial charge on any atom is -0.870 e. The van der Waals surface area contributed by atoms with Gasteiger partial charge in [-0.2, -0.15) is 0 Å². The van der Waals surface area contributed by atoms with Crippen molar-refractivity contribution in [2.45, 2.75) is 6.92 Å². The molecule has 0 rings (SSSR count). The molecule has 0 fully saturated rings. The summed E-state index contributed by atoms with van der Waals surface area (Å²) in [5, 5.41) is 8.93. The van der Waals surface area contributed by atoms with E-state index >= 15 is 0 Å². The van der Waals surface area contributed by atoms with Crippen molar-refractivity contribution in [2.24, 2.45) is 0 Å². The van der Waals surface area contributed by atoms with Gasteiger partial charge in [0.2, 0.25) is 0 Å². The van der Waals surface area contributed by atoms with Gasteiger partial charge in [0.1, 0.15) is 0 Å². The summed E-state index contributed by atoms with van der Waals surface area (Å²) in [6, 6.07) is 0. The molecule has 0 aliphatic heterocycles. The molecule has 0 aromatic carbocycles. The quantitative estimate of drug-likeness (QED) is 0.320.